The van der Waals surface area contributed by atoms with Gasteiger partial charge in [0.15, 0.2) is 5.82 Å². The number of rotatable bonds is 9. The SMILES string of the molecule is N#CCC(=O)N[C@@H]1C(=O)N2C(C(=O)O)=C(COC(=O)N[C@H]3CCN(c4c(F)cc5c(=O)c(C(=O)O)cn(C6CC6)c5c4F)C3)CS[C@H]12.[Na+]. The van der Waals surface area contributed by atoms with Crippen molar-refractivity contribution in [1.82, 2.24) is 20.1 Å². The van der Waals surface area contributed by atoms with E-state index in [2.05, 4.69) is 10.6 Å². The monoisotopic (exact) mass is 695 g/mol. The summed E-state index contributed by atoms with van der Waals surface area (Å²) >= 11 is 1.16. The van der Waals surface area contributed by atoms with Crippen molar-refractivity contribution in [2.45, 2.75) is 49.2 Å². The van der Waals surface area contributed by atoms with E-state index < -0.39 is 88.6 Å². The van der Waals surface area contributed by atoms with Crippen LogP contribution in [0, 0.1) is 23.0 Å². The molecule has 15 nitrogen and oxygen atoms in total. The molecule has 48 heavy (non-hydrogen) atoms. The quantitative estimate of drug-likeness (QED) is 0.170. The first kappa shape index (κ1) is 35.1. The predicted octanol–water partition coefficient (Wildman–Crippen LogP) is -1.73. The Morgan fingerprint density at radius 3 is 2.48 bits per heavy atom. The van der Waals surface area contributed by atoms with Gasteiger partial charge in [-0.15, -0.1) is 11.8 Å². The average molecular weight is 696 g/mol. The van der Waals surface area contributed by atoms with Crippen LogP contribution in [-0.4, -0.2) is 92.4 Å². The Hall–Kier alpha value is -4.18. The number of nitrogens with one attached hydrogen (secondary N) is 2. The number of halogens is 2. The normalized spacial score (nSPS) is 21.5. The second-order valence-electron chi connectivity index (χ2n) is 11.4. The van der Waals surface area contributed by atoms with Gasteiger partial charge in [-0.05, 0) is 25.3 Å². The van der Waals surface area contributed by atoms with Crippen molar-refractivity contribution in [3.05, 3.63) is 51.0 Å². The molecule has 0 spiro atoms. The van der Waals surface area contributed by atoms with Gasteiger partial charge in [0.2, 0.25) is 11.3 Å². The largest absolute Gasteiger partial charge is 1.00 e. The van der Waals surface area contributed by atoms with E-state index in [-0.39, 0.29) is 83.0 Å². The molecule has 3 aliphatic heterocycles. The molecule has 4 N–H and O–H groups in total. The summed E-state index contributed by atoms with van der Waals surface area (Å²) in [6.45, 7) is -0.373. The number of hydrogen-bond acceptors (Lipinski definition) is 10. The number of hydrogen-bond donors (Lipinski definition) is 4. The molecule has 1 aromatic carbocycles. The summed E-state index contributed by atoms with van der Waals surface area (Å²) in [4.78, 5) is 75.8. The summed E-state index contributed by atoms with van der Waals surface area (Å²) in [6.07, 6.45) is 1.24. The first-order chi connectivity index (χ1) is 22.4. The average Bonchev–Trinajstić information content (AvgIpc) is 3.77. The number of carbonyl (C=O) groups excluding carboxylic acids is 3. The maximum Gasteiger partial charge on any atom is 1.00 e. The Bertz CT molecular complexity index is 1890. The van der Waals surface area contributed by atoms with Gasteiger partial charge < -0.3 is 35.1 Å². The van der Waals surface area contributed by atoms with E-state index in [1.165, 1.54) is 9.47 Å². The van der Waals surface area contributed by atoms with E-state index in [0.29, 0.717) is 12.8 Å². The maximum atomic E-state index is 16.0. The number of benzene rings is 1. The number of amides is 3. The van der Waals surface area contributed by atoms with Gasteiger partial charge in [-0.2, -0.15) is 5.26 Å². The third-order valence-electron chi connectivity index (χ3n) is 8.36. The molecule has 6 rings (SSSR count). The molecule has 19 heteroatoms. The molecule has 4 heterocycles. The van der Waals surface area contributed by atoms with Crippen molar-refractivity contribution in [1.29, 1.82) is 5.26 Å². The summed E-state index contributed by atoms with van der Waals surface area (Å²) in [7, 11) is 0. The zero-order valence-corrected chi connectivity index (χ0v) is 28.1. The van der Waals surface area contributed by atoms with Gasteiger partial charge in [-0.3, -0.25) is 19.3 Å². The zero-order valence-electron chi connectivity index (χ0n) is 25.3. The van der Waals surface area contributed by atoms with Crippen molar-refractivity contribution in [3.63, 3.8) is 0 Å². The molecule has 3 fully saturated rings. The molecule has 2 aromatic rings. The smallest absolute Gasteiger partial charge is 0.477 e. The van der Waals surface area contributed by atoms with Crippen LogP contribution in [0.5, 0.6) is 0 Å². The Morgan fingerprint density at radius 2 is 1.83 bits per heavy atom. The van der Waals surface area contributed by atoms with Gasteiger partial charge in [0, 0.05) is 36.7 Å². The van der Waals surface area contributed by atoms with Crippen molar-refractivity contribution in [3.8, 4) is 6.07 Å². The Morgan fingerprint density at radius 1 is 1.10 bits per heavy atom. The van der Waals surface area contributed by atoms with Crippen LogP contribution in [0.25, 0.3) is 10.9 Å². The number of aromatic nitrogens is 1. The van der Waals surface area contributed by atoms with Crippen molar-refractivity contribution in [2.24, 2.45) is 0 Å². The maximum absolute atomic E-state index is 16.0. The molecule has 0 unspecified atom stereocenters. The first-order valence-electron chi connectivity index (χ1n) is 14.5. The van der Waals surface area contributed by atoms with Crippen LogP contribution in [-0.2, 0) is 19.1 Å². The Kier molecular flexibility index (Phi) is 10.1. The molecular formula is C29H26F2N6NaO9S+. The number of nitriles is 1. The fourth-order valence-corrected chi connectivity index (χ4v) is 7.37. The van der Waals surface area contributed by atoms with Gasteiger partial charge in [0.05, 0.1) is 23.0 Å². The third kappa shape index (κ3) is 6.34. The van der Waals surface area contributed by atoms with Crippen LogP contribution in [0.3, 0.4) is 0 Å². The second-order valence-corrected chi connectivity index (χ2v) is 12.5. The van der Waals surface area contributed by atoms with Gasteiger partial charge in [0.1, 0.15) is 47.2 Å². The van der Waals surface area contributed by atoms with Crippen molar-refractivity contribution in [2.75, 3.05) is 30.3 Å². The molecule has 3 atom stereocenters. The number of anilines is 1. The van der Waals surface area contributed by atoms with E-state index >= 15 is 8.78 Å². The fourth-order valence-electron chi connectivity index (χ4n) is 6.05. The number of alkyl carbamates (subject to hydrolysis) is 1. The van der Waals surface area contributed by atoms with Gasteiger partial charge in [-0.25, -0.2) is 23.2 Å². The zero-order chi connectivity index (χ0) is 33.7. The number of ether oxygens (including phenoxy) is 1. The molecule has 246 valence electrons. The Balaban J connectivity index is 0.00000451. The first-order valence-corrected chi connectivity index (χ1v) is 15.5. The van der Waals surface area contributed by atoms with Crippen LogP contribution < -0.4 is 50.5 Å². The van der Waals surface area contributed by atoms with E-state index in [0.717, 1.165) is 28.9 Å². The number of aromatic carboxylic acids is 1. The summed E-state index contributed by atoms with van der Waals surface area (Å²) in [6, 6.07) is 0.659. The summed E-state index contributed by atoms with van der Waals surface area (Å²) in [5.74, 6) is -6.27. The topological polar surface area (TPSA) is 211 Å². The van der Waals surface area contributed by atoms with Crippen LogP contribution in [0.2, 0.25) is 0 Å². The Labute approximate surface area is 296 Å². The van der Waals surface area contributed by atoms with Gasteiger partial charge in [0.25, 0.3) is 5.91 Å². The van der Waals surface area contributed by atoms with E-state index in [1.807, 2.05) is 0 Å². The summed E-state index contributed by atoms with van der Waals surface area (Å²) in [5.41, 5.74) is -2.41. The molecule has 0 radical (unpaired) electrons. The van der Waals surface area contributed by atoms with E-state index in [9.17, 15) is 39.0 Å². The fraction of sp³-hybridized carbons (Fsp3) is 0.414. The predicted molar refractivity (Wildman–Crippen MR) is 158 cm³/mol. The number of nitrogens with zero attached hydrogens (tertiary/aromatic N) is 4. The van der Waals surface area contributed by atoms with Crippen LogP contribution in [0.1, 0.15) is 42.1 Å². The molecule has 0 bridgehead atoms. The number of aliphatic carboxylic acids is 1. The molecule has 4 aliphatic rings. The molecule has 1 aliphatic carbocycles. The van der Waals surface area contributed by atoms with E-state index in [4.69, 9.17) is 10.00 Å². The van der Waals surface area contributed by atoms with Crippen LogP contribution in [0.4, 0.5) is 19.3 Å². The number of pyridine rings is 1. The molecule has 2 saturated heterocycles. The molecule has 1 aromatic heterocycles. The number of β-lactam (4-membered cyclic amide) rings is 1. The number of fused-ring (bicyclic) bond motifs is 2. The van der Waals surface area contributed by atoms with Crippen LogP contribution in [0.15, 0.2) is 28.3 Å². The molecule has 3 amide bonds. The number of carbonyl (C=O) groups is 5. The molecular weight excluding hydrogens is 669 g/mol. The van der Waals surface area contributed by atoms with Crippen molar-refractivity contribution >= 4 is 58.2 Å². The minimum atomic E-state index is -1.50. The van der Waals surface area contributed by atoms with E-state index in [1.54, 1.807) is 6.07 Å². The van der Waals surface area contributed by atoms with Crippen LogP contribution >= 0.6 is 11.8 Å². The van der Waals surface area contributed by atoms with Gasteiger partial charge in [-0.1, -0.05) is 0 Å². The van der Waals surface area contributed by atoms with Gasteiger partial charge >= 0.3 is 47.6 Å². The third-order valence-corrected chi connectivity index (χ3v) is 9.70. The summed E-state index contributed by atoms with van der Waals surface area (Å²) in [5, 5.41) is 31.8. The minimum Gasteiger partial charge on any atom is -0.477 e. The summed E-state index contributed by atoms with van der Waals surface area (Å²) < 4.78 is 37.9. The molecule has 1 saturated carbocycles. The van der Waals surface area contributed by atoms with Crippen molar-refractivity contribution < 1.29 is 77.3 Å². The second kappa shape index (κ2) is 13.7. The standard InChI is InChI=1S/C29H26F2N6O9S.Na/c30-17-7-15-22(36(14-1-2-14)9-16(24(15)39)27(41)42)19(31)23(17)35-6-4-13(8-35)33-29(45)46-10-12-11-47-26-20(34-18(38)3-5-32)25(40)37(26)21(12)28(43)44;/h7,9,13-14,20,26H,1-4,6,8,10-11H2,(H,33,45)(H,34,38)(H,41,42)(H,43,44);/q;+1/t13-,20+,26+;/m0./s1. The minimum absolute atomic E-state index is 0. The number of carboxylic acid groups (broad SMARTS) is 2. The number of carboxylic acids is 2. The number of thioether (sulfide) groups is 1.